The van der Waals surface area contributed by atoms with Crippen LogP contribution in [-0.2, 0) is 14.9 Å². The fourth-order valence-electron chi connectivity index (χ4n) is 7.96. The lowest BCUT2D eigenvalue weighted by molar-refractivity contribution is -0.134. The van der Waals surface area contributed by atoms with E-state index >= 15 is 0 Å². The van der Waals surface area contributed by atoms with Crippen LogP contribution in [0.15, 0.2) is 24.3 Å². The minimum absolute atomic E-state index is 0.156. The average molecular weight is 336 g/mol. The largest absolute Gasteiger partial charge is 0.377 e. The first-order valence-corrected chi connectivity index (χ1v) is 10.1. The minimum Gasteiger partial charge on any atom is -0.377 e. The zero-order chi connectivity index (χ0) is 16.3. The van der Waals surface area contributed by atoms with Crippen molar-refractivity contribution in [3.63, 3.8) is 0 Å². The predicted octanol–water partition coefficient (Wildman–Crippen LogP) is 2.17. The molecule has 130 valence electrons. The first-order chi connectivity index (χ1) is 12.3. The van der Waals surface area contributed by atoms with E-state index in [-0.39, 0.29) is 11.5 Å². The van der Waals surface area contributed by atoms with E-state index in [1.807, 2.05) is 0 Å². The van der Waals surface area contributed by atoms with Gasteiger partial charge < -0.3 is 9.64 Å². The average Bonchev–Trinajstić information content (AvgIpc) is 3.10. The topological polar surface area (TPSA) is 32.8 Å². The molecule has 5 heterocycles. The van der Waals surface area contributed by atoms with E-state index in [9.17, 15) is 4.79 Å². The molecule has 5 fully saturated rings. The summed E-state index contributed by atoms with van der Waals surface area (Å²) in [7, 11) is 0. The van der Waals surface area contributed by atoms with Crippen LogP contribution >= 0.6 is 0 Å². The van der Waals surface area contributed by atoms with E-state index in [0.29, 0.717) is 30.3 Å². The number of hydrogen-bond acceptors (Lipinski definition) is 3. The molecule has 4 nitrogen and oxygen atoms in total. The number of fused-ring (bicyclic) bond motifs is 2. The van der Waals surface area contributed by atoms with Crippen molar-refractivity contribution in [2.75, 3.05) is 24.6 Å². The maximum absolute atomic E-state index is 13.2. The highest BCUT2D eigenvalue weighted by Crippen LogP contribution is 2.66. The summed E-state index contributed by atoms with van der Waals surface area (Å²) in [6.45, 7) is 3.31. The maximum atomic E-state index is 13.2. The third-order valence-electron chi connectivity index (χ3n) is 8.64. The molecule has 2 bridgehead atoms. The van der Waals surface area contributed by atoms with Crippen LogP contribution in [0.25, 0.3) is 0 Å². The van der Waals surface area contributed by atoms with E-state index in [1.54, 1.807) is 0 Å². The molecule has 1 saturated carbocycles. The van der Waals surface area contributed by atoms with Crippen molar-refractivity contribution in [2.24, 2.45) is 17.8 Å². The minimum atomic E-state index is 0.156. The number of nitrogens with zero attached hydrogens (tertiary/aromatic N) is 2. The molecule has 0 N–H and O–H groups in total. The van der Waals surface area contributed by atoms with Crippen molar-refractivity contribution in [1.29, 1.82) is 0 Å². The molecule has 1 spiro atoms. The summed E-state index contributed by atoms with van der Waals surface area (Å²) in [5.74, 6) is 2.34. The van der Waals surface area contributed by atoms with Crippen molar-refractivity contribution >= 4 is 11.6 Å². The van der Waals surface area contributed by atoms with Crippen molar-refractivity contribution in [3.8, 4) is 0 Å². The Labute approximate surface area is 148 Å². The number of amides is 1. The third kappa shape index (κ3) is 1.37. The number of carbonyl (C=O) groups excluding carboxylic acids is 1. The van der Waals surface area contributed by atoms with Gasteiger partial charge in [0.1, 0.15) is 0 Å². The van der Waals surface area contributed by atoms with Gasteiger partial charge in [0, 0.05) is 36.2 Å². The zero-order valence-electron chi connectivity index (χ0n) is 14.4. The number of hydrogen-bond donors (Lipinski definition) is 0. The second-order valence-corrected chi connectivity index (χ2v) is 9.17. The zero-order valence-corrected chi connectivity index (χ0v) is 14.4. The molecule has 1 aliphatic carbocycles. The van der Waals surface area contributed by atoms with Gasteiger partial charge in [-0.2, -0.15) is 0 Å². The Morgan fingerprint density at radius 3 is 3.12 bits per heavy atom. The monoisotopic (exact) mass is 336 g/mol. The van der Waals surface area contributed by atoms with Gasteiger partial charge in [0.25, 0.3) is 0 Å². The summed E-state index contributed by atoms with van der Waals surface area (Å²) in [6, 6.07) is 9.78. The Balaban J connectivity index is 1.53. The summed E-state index contributed by atoms with van der Waals surface area (Å²) in [4.78, 5) is 18.2. The highest BCUT2D eigenvalue weighted by molar-refractivity contribution is 5.99. The van der Waals surface area contributed by atoms with Gasteiger partial charge in [0.05, 0.1) is 18.6 Å². The van der Waals surface area contributed by atoms with Crippen LogP contribution in [0.2, 0.25) is 0 Å². The van der Waals surface area contributed by atoms with Gasteiger partial charge in [-0.05, 0) is 49.3 Å². The fraction of sp³-hybridized carbons (Fsp3) is 0.667. The number of benzene rings is 1. The molecule has 6 aliphatic rings. The molecular formula is C21H24N2O2. The van der Waals surface area contributed by atoms with Gasteiger partial charge in [0.2, 0.25) is 5.91 Å². The number of ether oxygens (including phenoxy) is 1. The van der Waals surface area contributed by atoms with E-state index in [2.05, 4.69) is 34.1 Å². The molecule has 0 unspecified atom stereocenters. The third-order valence-corrected chi connectivity index (χ3v) is 8.64. The standard InChI is InChI=1S/C21H24N2O2/c24-18-10-16-19-13-9-17-21(6-7-22(17)11-12(13)5-8-25-16)14-3-1-2-4-15(14)23(18)20(19)21/h1-4,12-13,16-17,19-20H,5-11H2/t12-,13+,16+,17+,19+,20+,21-/m1/s1. The number of anilines is 1. The summed E-state index contributed by atoms with van der Waals surface area (Å²) < 4.78 is 6.33. The summed E-state index contributed by atoms with van der Waals surface area (Å²) >= 11 is 0. The van der Waals surface area contributed by atoms with E-state index in [0.717, 1.165) is 18.4 Å². The fourth-order valence-corrected chi connectivity index (χ4v) is 7.96. The Bertz CT molecular complexity index is 794. The Hall–Kier alpha value is -1.39. The van der Waals surface area contributed by atoms with Crippen LogP contribution in [-0.4, -0.2) is 48.7 Å². The van der Waals surface area contributed by atoms with Gasteiger partial charge >= 0.3 is 0 Å². The molecule has 4 heteroatoms. The Morgan fingerprint density at radius 2 is 2.16 bits per heavy atom. The number of carbonyl (C=O) groups is 1. The lowest BCUT2D eigenvalue weighted by Gasteiger charge is -2.59. The van der Waals surface area contributed by atoms with E-state index in [1.165, 1.54) is 43.6 Å². The molecule has 5 aliphatic heterocycles. The lowest BCUT2D eigenvalue weighted by Crippen LogP contribution is -2.70. The molecule has 7 rings (SSSR count). The van der Waals surface area contributed by atoms with Crippen molar-refractivity contribution in [1.82, 2.24) is 4.90 Å². The van der Waals surface area contributed by atoms with Crippen LogP contribution in [0.5, 0.6) is 0 Å². The molecule has 0 aromatic heterocycles. The lowest BCUT2D eigenvalue weighted by atomic mass is 9.52. The normalized spacial score (nSPS) is 49.1. The van der Waals surface area contributed by atoms with Crippen molar-refractivity contribution < 1.29 is 9.53 Å². The summed E-state index contributed by atoms with van der Waals surface area (Å²) in [5.41, 5.74) is 2.83. The SMILES string of the molecule is O=C1C[C@@H]2OCC[C@@H]3CN4CC[C@]56c7ccccc7N1[C@H]5[C@H]2[C@H]3C[C@H]46. The predicted molar refractivity (Wildman–Crippen MR) is 93.4 cm³/mol. The summed E-state index contributed by atoms with van der Waals surface area (Å²) in [5, 5.41) is 0. The number of para-hydroxylation sites is 1. The first-order valence-electron chi connectivity index (χ1n) is 10.1. The van der Waals surface area contributed by atoms with E-state index in [4.69, 9.17) is 4.74 Å². The molecular weight excluding hydrogens is 312 g/mol. The second-order valence-electron chi connectivity index (χ2n) is 9.17. The van der Waals surface area contributed by atoms with E-state index < -0.39 is 0 Å². The van der Waals surface area contributed by atoms with Crippen LogP contribution in [0, 0.1) is 17.8 Å². The van der Waals surface area contributed by atoms with Gasteiger partial charge in [0.15, 0.2) is 0 Å². The Morgan fingerprint density at radius 1 is 1.24 bits per heavy atom. The second kappa shape index (κ2) is 4.29. The number of rotatable bonds is 0. The maximum Gasteiger partial charge on any atom is 0.229 e. The highest BCUT2D eigenvalue weighted by Gasteiger charge is 2.71. The van der Waals surface area contributed by atoms with Gasteiger partial charge in [-0.25, -0.2) is 0 Å². The highest BCUT2D eigenvalue weighted by atomic mass is 16.5. The quantitative estimate of drug-likeness (QED) is 0.728. The molecule has 4 saturated heterocycles. The molecule has 7 atom stereocenters. The summed E-state index contributed by atoms with van der Waals surface area (Å²) in [6.07, 6.45) is 4.46. The van der Waals surface area contributed by atoms with Crippen LogP contribution < -0.4 is 4.90 Å². The van der Waals surface area contributed by atoms with Gasteiger partial charge in [-0.3, -0.25) is 9.69 Å². The molecule has 1 amide bonds. The van der Waals surface area contributed by atoms with Crippen LogP contribution in [0.4, 0.5) is 5.69 Å². The van der Waals surface area contributed by atoms with Gasteiger partial charge in [-0.15, -0.1) is 0 Å². The van der Waals surface area contributed by atoms with Crippen molar-refractivity contribution in [3.05, 3.63) is 29.8 Å². The molecule has 1 aromatic carbocycles. The van der Waals surface area contributed by atoms with Crippen molar-refractivity contribution in [2.45, 2.75) is 49.3 Å². The van der Waals surface area contributed by atoms with Crippen LogP contribution in [0.3, 0.4) is 0 Å². The Kier molecular flexibility index (Phi) is 2.36. The molecule has 25 heavy (non-hydrogen) atoms. The number of piperidine rings is 2. The smallest absolute Gasteiger partial charge is 0.229 e. The van der Waals surface area contributed by atoms with Gasteiger partial charge in [-0.1, -0.05) is 18.2 Å². The molecule has 1 aromatic rings. The molecule has 0 radical (unpaired) electrons. The van der Waals surface area contributed by atoms with Crippen LogP contribution in [0.1, 0.15) is 31.2 Å². The first kappa shape index (κ1) is 13.8.